The minimum absolute atomic E-state index is 0. The number of phenolic OH excluding ortho intramolecular Hbond substituents is 1. The van der Waals surface area contributed by atoms with Gasteiger partial charge in [0.25, 0.3) is 0 Å². The number of hydrogen-bond donors (Lipinski definition) is 1. The average Bonchev–Trinajstić information content (AvgIpc) is 1.93. The first kappa shape index (κ1) is 11.9. The van der Waals surface area contributed by atoms with Gasteiger partial charge in [0.1, 0.15) is 5.02 Å². The Labute approximate surface area is 102 Å². The van der Waals surface area contributed by atoms with Gasteiger partial charge in [-0.2, -0.15) is 0 Å². The van der Waals surface area contributed by atoms with Crippen molar-refractivity contribution in [3.05, 3.63) is 27.2 Å². The normalized spacial score (nSPS) is 9.00. The van der Waals surface area contributed by atoms with Gasteiger partial charge in [-0.3, -0.25) is 0 Å². The van der Waals surface area contributed by atoms with Crippen LogP contribution in [0.3, 0.4) is 0 Å². The molecule has 5 heteroatoms. The van der Waals surface area contributed by atoms with Gasteiger partial charge in [-0.25, -0.2) is 0 Å². The number of rotatable bonds is 0. The minimum atomic E-state index is -0.171. The molecular weight excluding hydrogens is 217 g/mol. The SMILES string of the molecule is Oc1c(Cl)ccc(Cl)c1Cl.[Na]. The largest absolute Gasteiger partial charge is 0.505 e. The van der Waals surface area contributed by atoms with Gasteiger partial charge in [0, 0.05) is 29.6 Å². The van der Waals surface area contributed by atoms with E-state index < -0.39 is 0 Å². The van der Waals surface area contributed by atoms with Crippen LogP contribution < -0.4 is 0 Å². The third-order valence-electron chi connectivity index (χ3n) is 1.02. The fourth-order valence-electron chi connectivity index (χ4n) is 0.516. The minimum Gasteiger partial charge on any atom is -0.505 e. The van der Waals surface area contributed by atoms with Crippen molar-refractivity contribution in [2.24, 2.45) is 0 Å². The van der Waals surface area contributed by atoms with E-state index >= 15 is 0 Å². The zero-order valence-corrected chi connectivity index (χ0v) is 10.0. The zero-order valence-electron chi connectivity index (χ0n) is 5.74. The van der Waals surface area contributed by atoms with E-state index in [-0.39, 0.29) is 45.4 Å². The summed E-state index contributed by atoms with van der Waals surface area (Å²) in [6.45, 7) is 0. The molecule has 0 atom stereocenters. The van der Waals surface area contributed by atoms with Crippen LogP contribution >= 0.6 is 34.8 Å². The molecule has 0 bridgehead atoms. The summed E-state index contributed by atoms with van der Waals surface area (Å²) in [6.07, 6.45) is 0. The first-order valence-corrected chi connectivity index (χ1v) is 3.59. The van der Waals surface area contributed by atoms with Crippen molar-refractivity contribution < 1.29 is 5.11 Å². The molecule has 55 valence electrons. The molecule has 1 rings (SSSR count). The van der Waals surface area contributed by atoms with Gasteiger partial charge in [0.05, 0.1) is 10.0 Å². The van der Waals surface area contributed by atoms with Crippen molar-refractivity contribution in [2.45, 2.75) is 0 Å². The second-order valence-corrected chi connectivity index (χ2v) is 2.88. The molecule has 1 aromatic rings. The van der Waals surface area contributed by atoms with Crippen LogP contribution in [0.15, 0.2) is 12.1 Å². The molecule has 1 radical (unpaired) electrons. The van der Waals surface area contributed by atoms with Crippen LogP contribution in [0.2, 0.25) is 15.1 Å². The first-order valence-electron chi connectivity index (χ1n) is 2.45. The summed E-state index contributed by atoms with van der Waals surface area (Å²) in [5.74, 6) is -0.171. The molecule has 0 heterocycles. The van der Waals surface area contributed by atoms with Crippen molar-refractivity contribution in [2.75, 3.05) is 0 Å². The molecular formula is C6H3Cl3NaO. The zero-order chi connectivity index (χ0) is 7.72. The molecule has 0 saturated carbocycles. The summed E-state index contributed by atoms with van der Waals surface area (Å²) in [6, 6.07) is 3.00. The maximum absolute atomic E-state index is 9.04. The van der Waals surface area contributed by atoms with Crippen LogP contribution in [0, 0.1) is 0 Å². The van der Waals surface area contributed by atoms with Crippen LogP contribution in [-0.4, -0.2) is 34.7 Å². The number of phenols is 1. The van der Waals surface area contributed by atoms with Crippen molar-refractivity contribution in [1.82, 2.24) is 0 Å². The van der Waals surface area contributed by atoms with Gasteiger partial charge >= 0.3 is 0 Å². The molecule has 0 spiro atoms. The Morgan fingerprint density at radius 3 is 1.91 bits per heavy atom. The van der Waals surface area contributed by atoms with Crippen LogP contribution in [0.25, 0.3) is 0 Å². The predicted octanol–water partition coefficient (Wildman–Crippen LogP) is 2.97. The Balaban J connectivity index is 0.000001000. The van der Waals surface area contributed by atoms with Gasteiger partial charge in [-0.1, -0.05) is 34.8 Å². The Kier molecular flexibility index (Phi) is 5.19. The van der Waals surface area contributed by atoms with E-state index in [0.29, 0.717) is 5.02 Å². The van der Waals surface area contributed by atoms with Gasteiger partial charge in [0.2, 0.25) is 0 Å². The van der Waals surface area contributed by atoms with Gasteiger partial charge in [-0.05, 0) is 12.1 Å². The van der Waals surface area contributed by atoms with E-state index in [4.69, 9.17) is 39.9 Å². The van der Waals surface area contributed by atoms with Crippen molar-refractivity contribution in [3.63, 3.8) is 0 Å². The number of hydrogen-bond acceptors (Lipinski definition) is 1. The number of benzene rings is 1. The number of aromatic hydroxyl groups is 1. The maximum Gasteiger partial charge on any atom is 0.154 e. The van der Waals surface area contributed by atoms with E-state index in [1.54, 1.807) is 0 Å². The molecule has 1 nitrogen and oxygen atoms in total. The molecule has 11 heavy (non-hydrogen) atoms. The van der Waals surface area contributed by atoms with Crippen LogP contribution in [0.4, 0.5) is 0 Å². The fourth-order valence-corrected chi connectivity index (χ4v) is 1.04. The van der Waals surface area contributed by atoms with E-state index in [9.17, 15) is 0 Å². The van der Waals surface area contributed by atoms with Crippen LogP contribution in [0.5, 0.6) is 5.75 Å². The van der Waals surface area contributed by atoms with Crippen LogP contribution in [0.1, 0.15) is 0 Å². The smallest absolute Gasteiger partial charge is 0.154 e. The molecule has 0 fully saturated rings. The molecule has 0 aliphatic heterocycles. The molecule has 0 aliphatic carbocycles. The predicted molar refractivity (Wildman–Crippen MR) is 48.9 cm³/mol. The second-order valence-electron chi connectivity index (χ2n) is 1.69. The number of halogens is 3. The summed E-state index contributed by atoms with van der Waals surface area (Å²) in [5.41, 5.74) is 0. The van der Waals surface area contributed by atoms with E-state index in [1.807, 2.05) is 0 Å². The van der Waals surface area contributed by atoms with Gasteiger partial charge in [0.15, 0.2) is 5.75 Å². The van der Waals surface area contributed by atoms with Crippen molar-refractivity contribution >= 4 is 64.4 Å². The standard InChI is InChI=1S/C6H3Cl3O.Na/c7-3-1-2-4(8)6(10)5(3)9;/h1-2,10H;. The van der Waals surface area contributed by atoms with Crippen LogP contribution in [-0.2, 0) is 0 Å². The summed E-state index contributed by atoms with van der Waals surface area (Å²) in [7, 11) is 0. The summed E-state index contributed by atoms with van der Waals surface area (Å²) >= 11 is 16.5. The average molecular weight is 220 g/mol. The summed E-state index contributed by atoms with van der Waals surface area (Å²) < 4.78 is 0. The van der Waals surface area contributed by atoms with Gasteiger partial charge < -0.3 is 5.11 Å². The third kappa shape index (κ3) is 2.69. The fraction of sp³-hybridized carbons (Fsp3) is 0. The first-order chi connectivity index (χ1) is 4.63. The topological polar surface area (TPSA) is 20.2 Å². The molecule has 1 N–H and O–H groups in total. The summed E-state index contributed by atoms with van der Waals surface area (Å²) in [4.78, 5) is 0. The third-order valence-corrected chi connectivity index (χ3v) is 2.12. The Morgan fingerprint density at radius 2 is 1.45 bits per heavy atom. The van der Waals surface area contributed by atoms with Gasteiger partial charge in [-0.15, -0.1) is 0 Å². The molecule has 0 unspecified atom stereocenters. The molecule has 0 aromatic heterocycles. The molecule has 1 aromatic carbocycles. The Hall–Kier alpha value is 0.890. The Bertz CT molecular complexity index is 237. The van der Waals surface area contributed by atoms with E-state index in [2.05, 4.69) is 0 Å². The maximum atomic E-state index is 9.04. The molecule has 0 saturated heterocycles. The Morgan fingerprint density at radius 1 is 1.00 bits per heavy atom. The van der Waals surface area contributed by atoms with Crippen molar-refractivity contribution in [1.29, 1.82) is 0 Å². The molecule has 0 aliphatic rings. The second kappa shape index (κ2) is 4.80. The van der Waals surface area contributed by atoms with E-state index in [1.165, 1.54) is 12.1 Å². The molecule has 0 amide bonds. The summed E-state index contributed by atoms with van der Waals surface area (Å²) in [5, 5.41) is 9.63. The van der Waals surface area contributed by atoms with E-state index in [0.717, 1.165) is 0 Å². The van der Waals surface area contributed by atoms with Crippen molar-refractivity contribution in [3.8, 4) is 5.75 Å². The quantitative estimate of drug-likeness (QED) is 0.526. The monoisotopic (exact) mass is 219 g/mol.